The fraction of sp³-hybridized carbons (Fsp3) is 0. The maximum Gasteiger partial charge on any atom is 0.116 e. The van der Waals surface area contributed by atoms with Gasteiger partial charge in [0.25, 0.3) is 0 Å². The Morgan fingerprint density at radius 3 is 1.29 bits per heavy atom. The Kier molecular flexibility index (Phi) is 7.31. The molecule has 0 aliphatic carbocycles. The first-order valence-corrected chi connectivity index (χ1v) is 18.4. The Hall–Kier alpha value is -5.54. The molecule has 0 saturated carbocycles. The van der Waals surface area contributed by atoms with E-state index in [1.807, 2.05) is 12.4 Å². The van der Waals surface area contributed by atoms with Gasteiger partial charge in [-0.15, -0.1) is 0 Å². The maximum absolute atomic E-state index is 4.71. The summed E-state index contributed by atoms with van der Waals surface area (Å²) in [4.78, 5) is 18.2. The monoisotopic (exact) mass is 654 g/mol. The predicted octanol–water partition coefficient (Wildman–Crippen LogP) is 6.89. The number of fused-ring (bicyclic) bond motifs is 6. The lowest BCUT2D eigenvalue weighted by molar-refractivity contribution is 1.22. The zero-order valence-corrected chi connectivity index (χ0v) is 27.5. The smallest absolute Gasteiger partial charge is 0.116 e. The van der Waals surface area contributed by atoms with E-state index in [9.17, 15) is 0 Å². The average Bonchev–Trinajstić information content (AvgIpc) is 3.14. The van der Waals surface area contributed by atoms with Gasteiger partial charge in [0.1, 0.15) is 12.7 Å². The van der Waals surface area contributed by atoms with Gasteiger partial charge in [-0.3, -0.25) is 0 Å². The first-order chi connectivity index (χ1) is 23.8. The van der Waals surface area contributed by atoms with Crippen LogP contribution in [0.5, 0.6) is 0 Å². The lowest BCUT2D eigenvalue weighted by Crippen LogP contribution is -2.29. The zero-order chi connectivity index (χ0) is 31.9. The summed E-state index contributed by atoms with van der Waals surface area (Å²) in [6.45, 7) is 0. The summed E-state index contributed by atoms with van der Waals surface area (Å²) < 4.78 is 0. The summed E-state index contributed by atoms with van der Waals surface area (Å²) in [5.41, 5.74) is 6.05. The van der Waals surface area contributed by atoms with Crippen molar-refractivity contribution in [3.05, 3.63) is 159 Å². The minimum Gasteiger partial charge on any atom is -0.354 e. The van der Waals surface area contributed by atoms with Crippen LogP contribution in [-0.4, -0.2) is 19.9 Å². The fourth-order valence-corrected chi connectivity index (χ4v) is 11.4. The highest BCUT2D eigenvalue weighted by Crippen LogP contribution is 2.44. The highest BCUT2D eigenvalue weighted by atomic mass is 31.1. The third kappa shape index (κ3) is 5.16. The number of aromatic nitrogens is 4. The van der Waals surface area contributed by atoms with Gasteiger partial charge in [-0.2, -0.15) is 0 Å². The summed E-state index contributed by atoms with van der Waals surface area (Å²) in [5, 5.41) is 17.3. The molecule has 6 nitrogen and oxygen atoms in total. The van der Waals surface area contributed by atoms with E-state index in [1.54, 1.807) is 12.7 Å². The molecule has 0 spiro atoms. The number of anilines is 4. The van der Waals surface area contributed by atoms with E-state index in [-0.39, 0.29) is 0 Å². The van der Waals surface area contributed by atoms with E-state index >= 15 is 0 Å². The van der Waals surface area contributed by atoms with Crippen molar-refractivity contribution in [2.24, 2.45) is 0 Å². The molecule has 2 atom stereocenters. The molecule has 9 rings (SSSR count). The van der Waals surface area contributed by atoms with Gasteiger partial charge < -0.3 is 10.6 Å². The Morgan fingerprint density at radius 1 is 0.396 bits per heavy atom. The number of rotatable bonds is 2. The summed E-state index contributed by atoms with van der Waals surface area (Å²) in [6.07, 6.45) is 7.04. The van der Waals surface area contributed by atoms with E-state index in [2.05, 4.69) is 154 Å². The van der Waals surface area contributed by atoms with Crippen LogP contribution in [0.15, 0.2) is 159 Å². The first-order valence-electron chi connectivity index (χ1n) is 15.7. The molecule has 8 aromatic rings. The molecule has 228 valence electrons. The molecule has 48 heavy (non-hydrogen) atoms. The first kappa shape index (κ1) is 28.7. The lowest BCUT2D eigenvalue weighted by atomic mass is 10.2. The molecule has 2 unspecified atom stereocenters. The molecule has 1 aliphatic heterocycles. The number of hydrogen-bond acceptors (Lipinski definition) is 6. The topological polar surface area (TPSA) is 75.6 Å². The van der Waals surface area contributed by atoms with Crippen LogP contribution < -0.4 is 42.5 Å². The molecule has 0 saturated heterocycles. The van der Waals surface area contributed by atoms with Crippen LogP contribution >= 0.6 is 15.8 Å². The van der Waals surface area contributed by atoms with Gasteiger partial charge in [0.2, 0.25) is 0 Å². The van der Waals surface area contributed by atoms with Gasteiger partial charge in [-0.25, -0.2) is 19.9 Å². The number of nitrogens with one attached hydrogen (secondary N) is 2. The molecule has 8 heteroatoms. The van der Waals surface area contributed by atoms with Gasteiger partial charge in [0.05, 0.1) is 11.0 Å². The quantitative estimate of drug-likeness (QED) is 0.198. The van der Waals surface area contributed by atoms with Crippen LogP contribution in [0.3, 0.4) is 0 Å². The van der Waals surface area contributed by atoms with Crippen LogP contribution in [-0.2, 0) is 0 Å². The molecule has 0 radical (unpaired) electrons. The highest BCUT2D eigenvalue weighted by molar-refractivity contribution is 7.81. The molecule has 2 N–H and O–H groups in total. The van der Waals surface area contributed by atoms with Crippen LogP contribution in [0.25, 0.3) is 21.8 Å². The Labute approximate surface area is 280 Å². The van der Waals surface area contributed by atoms with Crippen LogP contribution in [0.2, 0.25) is 0 Å². The summed E-state index contributed by atoms with van der Waals surface area (Å²) >= 11 is 0. The summed E-state index contributed by atoms with van der Waals surface area (Å²) in [6, 6.07) is 48.0. The molecule has 0 amide bonds. The van der Waals surface area contributed by atoms with Gasteiger partial charge in [-0.05, 0) is 62.9 Å². The van der Waals surface area contributed by atoms with Gasteiger partial charge in [0, 0.05) is 67.1 Å². The number of hydrogen-bond donors (Lipinski definition) is 2. The normalized spacial score (nSPS) is 15.4. The fourth-order valence-electron chi connectivity index (χ4n) is 6.42. The Bertz CT molecular complexity index is 2270. The standard InChI is InChI=1S/C40H28N6P2/c1-3-11-29(12-4-1)47-37-17-9-7-15-31(37)45-32-16-8-10-18-38(32)48(30-13-5-2-6-14-30)40-22-34-28(24-42-26-44-34)20-36(40)46-35-19-27-23-41-25-43-33(27)21-39(35)47/h1-26,45-46H. The van der Waals surface area contributed by atoms with Crippen molar-refractivity contribution in [2.45, 2.75) is 0 Å². The van der Waals surface area contributed by atoms with Gasteiger partial charge >= 0.3 is 0 Å². The maximum atomic E-state index is 4.71. The minimum atomic E-state index is -1.04. The van der Waals surface area contributed by atoms with Crippen molar-refractivity contribution in [3.8, 4) is 0 Å². The molecule has 3 heterocycles. The van der Waals surface area contributed by atoms with Crippen molar-refractivity contribution >= 4 is 92.2 Å². The van der Waals surface area contributed by atoms with E-state index in [4.69, 9.17) is 9.97 Å². The number of benzene rings is 6. The van der Waals surface area contributed by atoms with Gasteiger partial charge in [0.15, 0.2) is 0 Å². The van der Waals surface area contributed by atoms with Gasteiger partial charge in [-0.1, -0.05) is 97.1 Å². The van der Waals surface area contributed by atoms with E-state index in [1.165, 1.54) is 31.8 Å². The van der Waals surface area contributed by atoms with E-state index in [0.29, 0.717) is 0 Å². The molecule has 6 aromatic carbocycles. The zero-order valence-electron chi connectivity index (χ0n) is 25.7. The molecule has 0 fully saturated rings. The van der Waals surface area contributed by atoms with Crippen molar-refractivity contribution in [3.63, 3.8) is 0 Å². The van der Waals surface area contributed by atoms with Crippen LogP contribution in [0.4, 0.5) is 22.7 Å². The summed E-state index contributed by atoms with van der Waals surface area (Å²) in [7, 11) is -2.08. The van der Waals surface area contributed by atoms with E-state index in [0.717, 1.165) is 44.6 Å². The summed E-state index contributed by atoms with van der Waals surface area (Å²) in [5.74, 6) is 0. The molecular formula is C40H28N6P2. The van der Waals surface area contributed by atoms with E-state index < -0.39 is 15.8 Å². The van der Waals surface area contributed by atoms with Crippen molar-refractivity contribution in [1.29, 1.82) is 0 Å². The average molecular weight is 655 g/mol. The van der Waals surface area contributed by atoms with Crippen LogP contribution in [0.1, 0.15) is 0 Å². The minimum absolute atomic E-state index is 0.913. The Morgan fingerprint density at radius 2 is 0.812 bits per heavy atom. The third-order valence-electron chi connectivity index (χ3n) is 8.58. The predicted molar refractivity (Wildman–Crippen MR) is 203 cm³/mol. The van der Waals surface area contributed by atoms with Crippen molar-refractivity contribution < 1.29 is 0 Å². The molecular weight excluding hydrogens is 626 g/mol. The van der Waals surface area contributed by atoms with Crippen molar-refractivity contribution in [2.75, 3.05) is 10.6 Å². The largest absolute Gasteiger partial charge is 0.354 e. The van der Waals surface area contributed by atoms with Crippen molar-refractivity contribution in [1.82, 2.24) is 19.9 Å². The molecule has 1 aliphatic rings. The second-order valence-corrected chi connectivity index (χ2v) is 15.8. The highest BCUT2D eigenvalue weighted by Gasteiger charge is 2.28. The Balaban J connectivity index is 1.41. The second-order valence-electron chi connectivity index (χ2n) is 11.5. The lowest BCUT2D eigenvalue weighted by Gasteiger charge is -2.30. The van der Waals surface area contributed by atoms with Crippen LogP contribution in [0, 0.1) is 0 Å². The third-order valence-corrected chi connectivity index (χ3v) is 13.7. The SMILES string of the molecule is c1ccc(P2c3ccccc3Nc3ccccc3P(c3ccccc3)c3cc4ncncc4cc3Nc3cc4cncnc4cc32)cc1. The second kappa shape index (κ2) is 12.2. The number of nitrogens with zero attached hydrogens (tertiary/aromatic N) is 4. The molecule has 2 aromatic heterocycles. The molecule has 0 bridgehead atoms. The number of para-hydroxylation sites is 2.